The molecule has 1 aromatic carbocycles. The summed E-state index contributed by atoms with van der Waals surface area (Å²) < 4.78 is 25.6. The van der Waals surface area contributed by atoms with Crippen LogP contribution in [0, 0.1) is 0 Å². The summed E-state index contributed by atoms with van der Waals surface area (Å²) in [6.07, 6.45) is 0.977. The van der Waals surface area contributed by atoms with Gasteiger partial charge in [0.15, 0.2) is 0 Å². The van der Waals surface area contributed by atoms with E-state index in [-0.39, 0.29) is 10.8 Å². The highest BCUT2D eigenvalue weighted by molar-refractivity contribution is 7.89. The highest BCUT2D eigenvalue weighted by Crippen LogP contribution is 2.11. The minimum Gasteiger partial charge on any atom is -0.355 e. The monoisotopic (exact) mass is 369 g/mol. The third-order valence-electron chi connectivity index (χ3n) is 4.16. The van der Waals surface area contributed by atoms with Gasteiger partial charge >= 0.3 is 0 Å². The molecule has 0 fully saturated rings. The van der Waals surface area contributed by atoms with Gasteiger partial charge in [0.05, 0.1) is 4.90 Å². The van der Waals surface area contributed by atoms with Crippen LogP contribution in [0.2, 0.25) is 0 Å². The molecule has 1 rings (SSSR count). The molecule has 0 unspecified atom stereocenters. The Kier molecular flexibility index (Phi) is 8.55. The third kappa shape index (κ3) is 7.13. The van der Waals surface area contributed by atoms with Crippen molar-refractivity contribution >= 4 is 15.9 Å². The standard InChI is InChI=1S/C18H31N3O3S/c1-14(2)21(15(3)4)13-12-20-18(22)11-8-16-6-9-17(10-7-16)25(23,24)19-5/h6-7,9-10,14-15,19H,8,11-13H2,1-5H3,(H,20,22). The lowest BCUT2D eigenvalue weighted by atomic mass is 10.1. The molecule has 7 heteroatoms. The second kappa shape index (κ2) is 9.89. The predicted octanol–water partition coefficient (Wildman–Crippen LogP) is 1.76. The first-order chi connectivity index (χ1) is 11.7. The van der Waals surface area contributed by atoms with Gasteiger partial charge in [-0.2, -0.15) is 0 Å². The van der Waals surface area contributed by atoms with Gasteiger partial charge in [-0.25, -0.2) is 13.1 Å². The van der Waals surface area contributed by atoms with Gasteiger partial charge in [0.1, 0.15) is 0 Å². The molecular weight excluding hydrogens is 338 g/mol. The number of nitrogens with zero attached hydrogens (tertiary/aromatic N) is 1. The van der Waals surface area contributed by atoms with Gasteiger partial charge in [-0.3, -0.25) is 9.69 Å². The maximum Gasteiger partial charge on any atom is 0.240 e. The quantitative estimate of drug-likeness (QED) is 0.659. The van der Waals surface area contributed by atoms with Crippen molar-refractivity contribution in [2.75, 3.05) is 20.1 Å². The molecule has 0 aromatic heterocycles. The number of aryl methyl sites for hydroxylation is 1. The lowest BCUT2D eigenvalue weighted by molar-refractivity contribution is -0.121. The minimum absolute atomic E-state index is 0.0133. The highest BCUT2D eigenvalue weighted by atomic mass is 32.2. The van der Waals surface area contributed by atoms with Crippen molar-refractivity contribution in [1.82, 2.24) is 14.9 Å². The number of carbonyl (C=O) groups excluding carboxylic acids is 1. The molecule has 0 aliphatic rings. The number of benzene rings is 1. The van der Waals surface area contributed by atoms with Crippen LogP contribution in [0.15, 0.2) is 29.2 Å². The van der Waals surface area contributed by atoms with Crippen LogP contribution in [0.5, 0.6) is 0 Å². The Balaban J connectivity index is 2.42. The van der Waals surface area contributed by atoms with Crippen molar-refractivity contribution in [3.05, 3.63) is 29.8 Å². The van der Waals surface area contributed by atoms with E-state index >= 15 is 0 Å². The van der Waals surface area contributed by atoms with Crippen LogP contribution in [0.4, 0.5) is 0 Å². The van der Waals surface area contributed by atoms with Crippen molar-refractivity contribution in [2.45, 2.75) is 57.5 Å². The van der Waals surface area contributed by atoms with Crippen LogP contribution in [0.1, 0.15) is 39.7 Å². The van der Waals surface area contributed by atoms with E-state index in [0.29, 0.717) is 31.5 Å². The minimum atomic E-state index is -3.41. The lowest BCUT2D eigenvalue weighted by Crippen LogP contribution is -2.42. The van der Waals surface area contributed by atoms with Crippen LogP contribution in [0.25, 0.3) is 0 Å². The predicted molar refractivity (Wildman–Crippen MR) is 101 cm³/mol. The molecule has 25 heavy (non-hydrogen) atoms. The fourth-order valence-corrected chi connectivity index (χ4v) is 3.47. The average Bonchev–Trinajstić information content (AvgIpc) is 2.56. The number of amides is 1. The van der Waals surface area contributed by atoms with E-state index in [1.165, 1.54) is 7.05 Å². The number of sulfonamides is 1. The van der Waals surface area contributed by atoms with Crippen molar-refractivity contribution < 1.29 is 13.2 Å². The fraction of sp³-hybridized carbons (Fsp3) is 0.611. The number of rotatable bonds is 10. The molecule has 2 N–H and O–H groups in total. The van der Waals surface area contributed by atoms with Crippen LogP contribution >= 0.6 is 0 Å². The van der Waals surface area contributed by atoms with Gasteiger partial charge < -0.3 is 5.32 Å². The van der Waals surface area contributed by atoms with Gasteiger partial charge in [0.25, 0.3) is 0 Å². The first-order valence-corrected chi connectivity index (χ1v) is 10.2. The van der Waals surface area contributed by atoms with Crippen molar-refractivity contribution in [3.8, 4) is 0 Å². The Labute approximate surface area is 152 Å². The van der Waals surface area contributed by atoms with Gasteiger partial charge in [0.2, 0.25) is 15.9 Å². The second-order valence-electron chi connectivity index (χ2n) is 6.63. The highest BCUT2D eigenvalue weighted by Gasteiger charge is 2.13. The zero-order chi connectivity index (χ0) is 19.0. The molecule has 0 atom stereocenters. The number of hydrogen-bond donors (Lipinski definition) is 2. The molecule has 0 spiro atoms. The van der Waals surface area contributed by atoms with Crippen LogP contribution in [-0.4, -0.2) is 51.4 Å². The second-order valence-corrected chi connectivity index (χ2v) is 8.51. The number of hydrogen-bond acceptors (Lipinski definition) is 4. The zero-order valence-corrected chi connectivity index (χ0v) is 16.7. The average molecular weight is 370 g/mol. The first kappa shape index (κ1) is 21.6. The molecule has 1 amide bonds. The van der Waals surface area contributed by atoms with E-state index in [1.807, 2.05) is 0 Å². The number of nitrogens with one attached hydrogen (secondary N) is 2. The molecule has 0 heterocycles. The summed E-state index contributed by atoms with van der Waals surface area (Å²) >= 11 is 0. The van der Waals surface area contributed by atoms with E-state index in [2.05, 4.69) is 42.6 Å². The van der Waals surface area contributed by atoms with Crippen molar-refractivity contribution in [2.24, 2.45) is 0 Å². The van der Waals surface area contributed by atoms with E-state index in [4.69, 9.17) is 0 Å². The lowest BCUT2D eigenvalue weighted by Gasteiger charge is -2.30. The zero-order valence-electron chi connectivity index (χ0n) is 15.9. The van der Waals surface area contributed by atoms with Crippen LogP contribution in [-0.2, 0) is 21.2 Å². The van der Waals surface area contributed by atoms with E-state index in [0.717, 1.165) is 12.1 Å². The Morgan fingerprint density at radius 2 is 1.64 bits per heavy atom. The van der Waals surface area contributed by atoms with E-state index in [1.54, 1.807) is 24.3 Å². The third-order valence-corrected chi connectivity index (χ3v) is 5.59. The Bertz CT molecular complexity index is 632. The van der Waals surface area contributed by atoms with Crippen LogP contribution in [0.3, 0.4) is 0 Å². The molecule has 0 radical (unpaired) electrons. The van der Waals surface area contributed by atoms with Crippen molar-refractivity contribution in [1.29, 1.82) is 0 Å². The summed E-state index contributed by atoms with van der Waals surface area (Å²) in [6, 6.07) is 7.51. The molecule has 142 valence electrons. The molecule has 0 bridgehead atoms. The molecule has 0 saturated carbocycles. The van der Waals surface area contributed by atoms with E-state index in [9.17, 15) is 13.2 Å². The van der Waals surface area contributed by atoms with Gasteiger partial charge in [-0.1, -0.05) is 12.1 Å². The SMILES string of the molecule is CNS(=O)(=O)c1ccc(CCC(=O)NCCN(C(C)C)C(C)C)cc1. The summed E-state index contributed by atoms with van der Waals surface area (Å²) in [5.74, 6) is 0.0133. The van der Waals surface area contributed by atoms with Gasteiger partial charge in [-0.05, 0) is 58.9 Å². The topological polar surface area (TPSA) is 78.5 Å². The molecular formula is C18H31N3O3S. The molecule has 6 nitrogen and oxygen atoms in total. The van der Waals surface area contributed by atoms with Gasteiger partial charge in [-0.15, -0.1) is 0 Å². The maximum atomic E-state index is 12.0. The molecule has 0 aliphatic carbocycles. The van der Waals surface area contributed by atoms with Gasteiger partial charge in [0, 0.05) is 31.6 Å². The van der Waals surface area contributed by atoms with E-state index < -0.39 is 10.0 Å². The van der Waals surface area contributed by atoms with Crippen LogP contribution < -0.4 is 10.0 Å². The maximum absolute atomic E-state index is 12.0. The molecule has 0 saturated heterocycles. The summed E-state index contributed by atoms with van der Waals surface area (Å²) in [5.41, 5.74) is 0.941. The fourth-order valence-electron chi connectivity index (χ4n) is 2.74. The normalized spacial score (nSPS) is 12.2. The smallest absolute Gasteiger partial charge is 0.240 e. The summed E-state index contributed by atoms with van der Waals surface area (Å²) in [6.45, 7) is 10.1. The number of carbonyl (C=O) groups is 1. The Hall–Kier alpha value is -1.44. The summed E-state index contributed by atoms with van der Waals surface area (Å²) in [5, 5.41) is 2.95. The molecule has 1 aromatic rings. The summed E-state index contributed by atoms with van der Waals surface area (Å²) in [7, 11) is -2.03. The Morgan fingerprint density at radius 1 is 1.08 bits per heavy atom. The van der Waals surface area contributed by atoms with Crippen molar-refractivity contribution in [3.63, 3.8) is 0 Å². The summed E-state index contributed by atoms with van der Waals surface area (Å²) in [4.78, 5) is 14.5. The Morgan fingerprint density at radius 3 is 2.12 bits per heavy atom. The largest absolute Gasteiger partial charge is 0.355 e. The first-order valence-electron chi connectivity index (χ1n) is 8.72. The molecule has 0 aliphatic heterocycles.